The number of ether oxygens (including phenoxy) is 2. The first-order valence-electron chi connectivity index (χ1n) is 7.88. The lowest BCUT2D eigenvalue weighted by Gasteiger charge is -2.35. The van der Waals surface area contributed by atoms with Crippen molar-refractivity contribution in [3.8, 4) is 0 Å². The molecule has 0 amide bonds. The molecular weight excluding hydrogens is 322 g/mol. The van der Waals surface area contributed by atoms with Crippen molar-refractivity contribution in [1.82, 2.24) is 0 Å². The van der Waals surface area contributed by atoms with E-state index in [4.69, 9.17) is 19.4 Å². The van der Waals surface area contributed by atoms with Gasteiger partial charge in [-0.05, 0) is 25.8 Å². The Labute approximate surface area is 138 Å². The van der Waals surface area contributed by atoms with Gasteiger partial charge in [-0.1, -0.05) is 13.8 Å². The third-order valence-corrected chi connectivity index (χ3v) is 4.29. The summed E-state index contributed by atoms with van der Waals surface area (Å²) in [5.74, 6) is -0.500. The van der Waals surface area contributed by atoms with Crippen LogP contribution in [0.2, 0.25) is 0 Å². The average Bonchev–Trinajstić information content (AvgIpc) is 2.46. The van der Waals surface area contributed by atoms with Crippen LogP contribution in [0.5, 0.6) is 0 Å². The second kappa shape index (κ2) is 8.77. The largest absolute Gasteiger partial charge is 0.463 e. The first kappa shape index (κ1) is 20.1. The molecule has 0 bridgehead atoms. The molecule has 2 unspecified atom stereocenters. The van der Waals surface area contributed by atoms with E-state index in [1.54, 1.807) is 13.0 Å². The quantitative estimate of drug-likeness (QED) is 0.517. The summed E-state index contributed by atoms with van der Waals surface area (Å²) in [4.78, 5) is 12.0. The minimum atomic E-state index is -3.70. The number of rotatable bonds is 8. The van der Waals surface area contributed by atoms with E-state index in [9.17, 15) is 13.2 Å². The first-order chi connectivity index (χ1) is 10.7. The predicted octanol–water partition coefficient (Wildman–Crippen LogP) is 1.13. The van der Waals surface area contributed by atoms with Crippen LogP contribution in [-0.2, 0) is 28.6 Å². The SMILES string of the molecule is CCOC(=O)C1=C[C@@H](OC(CC)CC)C(N)C(OS(C)(=O)=O)C1. The van der Waals surface area contributed by atoms with E-state index in [1.807, 2.05) is 13.8 Å². The number of hydrogen-bond acceptors (Lipinski definition) is 7. The normalized spacial score (nSPS) is 25.3. The van der Waals surface area contributed by atoms with E-state index in [-0.39, 0.29) is 19.1 Å². The highest BCUT2D eigenvalue weighted by Gasteiger charge is 2.37. The molecule has 0 aromatic carbocycles. The van der Waals surface area contributed by atoms with E-state index in [2.05, 4.69) is 0 Å². The van der Waals surface area contributed by atoms with Gasteiger partial charge in [0.25, 0.3) is 10.1 Å². The molecule has 0 fully saturated rings. The highest BCUT2D eigenvalue weighted by Crippen LogP contribution is 2.26. The van der Waals surface area contributed by atoms with Crippen LogP contribution in [0, 0.1) is 0 Å². The zero-order valence-corrected chi connectivity index (χ0v) is 15.0. The highest BCUT2D eigenvalue weighted by molar-refractivity contribution is 7.86. The van der Waals surface area contributed by atoms with Crippen molar-refractivity contribution in [2.45, 2.75) is 64.4 Å². The third-order valence-electron chi connectivity index (χ3n) is 3.69. The van der Waals surface area contributed by atoms with Gasteiger partial charge in [0, 0.05) is 12.0 Å². The lowest BCUT2D eigenvalue weighted by atomic mass is 9.90. The molecule has 3 atom stereocenters. The Kier molecular flexibility index (Phi) is 7.66. The van der Waals surface area contributed by atoms with Gasteiger partial charge >= 0.3 is 5.97 Å². The van der Waals surface area contributed by atoms with Crippen LogP contribution >= 0.6 is 0 Å². The van der Waals surface area contributed by atoms with Crippen LogP contribution < -0.4 is 5.73 Å². The van der Waals surface area contributed by atoms with Crippen molar-refractivity contribution in [3.05, 3.63) is 11.6 Å². The van der Waals surface area contributed by atoms with Gasteiger partial charge in [0.05, 0.1) is 37.2 Å². The van der Waals surface area contributed by atoms with Gasteiger partial charge in [-0.2, -0.15) is 8.42 Å². The van der Waals surface area contributed by atoms with Gasteiger partial charge in [0.2, 0.25) is 0 Å². The summed E-state index contributed by atoms with van der Waals surface area (Å²) in [7, 11) is -3.70. The summed E-state index contributed by atoms with van der Waals surface area (Å²) in [5, 5.41) is 0. The maximum atomic E-state index is 12.0. The first-order valence-corrected chi connectivity index (χ1v) is 9.70. The molecule has 0 aromatic rings. The van der Waals surface area contributed by atoms with E-state index >= 15 is 0 Å². The van der Waals surface area contributed by atoms with Crippen molar-refractivity contribution in [3.63, 3.8) is 0 Å². The Morgan fingerprint density at radius 2 is 1.96 bits per heavy atom. The zero-order chi connectivity index (χ0) is 17.6. The maximum absolute atomic E-state index is 12.0. The second-order valence-electron chi connectivity index (χ2n) is 5.57. The fraction of sp³-hybridized carbons (Fsp3) is 0.800. The molecule has 0 radical (unpaired) electrons. The van der Waals surface area contributed by atoms with Crippen LogP contribution in [0.1, 0.15) is 40.0 Å². The van der Waals surface area contributed by atoms with Gasteiger partial charge in [-0.15, -0.1) is 0 Å². The molecular formula is C15H27NO6S. The van der Waals surface area contributed by atoms with E-state index in [1.165, 1.54) is 0 Å². The lowest BCUT2D eigenvalue weighted by molar-refractivity contribution is -0.139. The van der Waals surface area contributed by atoms with E-state index < -0.39 is 34.3 Å². The zero-order valence-electron chi connectivity index (χ0n) is 14.2. The minimum absolute atomic E-state index is 0.0253. The van der Waals surface area contributed by atoms with Crippen LogP contribution in [0.4, 0.5) is 0 Å². The standard InChI is InChI=1S/C15H27NO6S/c1-5-11(6-2)21-12-8-10(15(17)20-7-3)9-13(14(12)16)22-23(4,18)19/h8,11-14H,5-7,9,16H2,1-4H3/t12-,13?,14?/m1/s1. The molecule has 7 nitrogen and oxygen atoms in total. The van der Waals surface area contributed by atoms with Crippen molar-refractivity contribution >= 4 is 16.1 Å². The number of carbonyl (C=O) groups excluding carboxylic acids is 1. The predicted molar refractivity (Wildman–Crippen MR) is 86.3 cm³/mol. The van der Waals surface area contributed by atoms with Gasteiger partial charge < -0.3 is 15.2 Å². The summed E-state index contributed by atoms with van der Waals surface area (Å²) in [6, 6.07) is -0.677. The van der Waals surface area contributed by atoms with Crippen molar-refractivity contribution in [2.24, 2.45) is 5.73 Å². The summed E-state index contributed by atoms with van der Waals surface area (Å²) in [5.41, 5.74) is 6.44. The van der Waals surface area contributed by atoms with Gasteiger partial charge in [-0.25, -0.2) is 4.79 Å². The summed E-state index contributed by atoms with van der Waals surface area (Å²) in [6.45, 7) is 5.92. The van der Waals surface area contributed by atoms with Crippen LogP contribution in [0.15, 0.2) is 11.6 Å². The van der Waals surface area contributed by atoms with Gasteiger partial charge in [0.15, 0.2) is 0 Å². The second-order valence-corrected chi connectivity index (χ2v) is 7.17. The summed E-state index contributed by atoms with van der Waals surface area (Å²) < 4.78 is 38.8. The topological polar surface area (TPSA) is 105 Å². The Bertz CT molecular complexity index is 526. The molecule has 1 aliphatic rings. The van der Waals surface area contributed by atoms with Crippen molar-refractivity contribution < 1.29 is 26.9 Å². The molecule has 0 heterocycles. The number of hydrogen-bond donors (Lipinski definition) is 1. The van der Waals surface area contributed by atoms with Crippen molar-refractivity contribution in [1.29, 1.82) is 0 Å². The third kappa shape index (κ3) is 6.21. The summed E-state index contributed by atoms with van der Waals surface area (Å²) >= 11 is 0. The Balaban J connectivity index is 3.03. The molecule has 134 valence electrons. The molecule has 8 heteroatoms. The van der Waals surface area contributed by atoms with Gasteiger partial charge in [0.1, 0.15) is 0 Å². The van der Waals surface area contributed by atoms with Crippen LogP contribution in [-0.4, -0.2) is 51.6 Å². The molecule has 0 spiro atoms. The Morgan fingerprint density at radius 1 is 1.35 bits per heavy atom. The van der Waals surface area contributed by atoms with Crippen LogP contribution in [0.3, 0.4) is 0 Å². The van der Waals surface area contributed by atoms with Crippen LogP contribution in [0.25, 0.3) is 0 Å². The molecule has 0 saturated heterocycles. The molecule has 1 aliphatic carbocycles. The van der Waals surface area contributed by atoms with E-state index in [0.717, 1.165) is 19.1 Å². The van der Waals surface area contributed by atoms with Crippen molar-refractivity contribution in [2.75, 3.05) is 12.9 Å². The fourth-order valence-electron chi connectivity index (χ4n) is 2.47. The molecule has 2 N–H and O–H groups in total. The minimum Gasteiger partial charge on any atom is -0.463 e. The molecule has 0 saturated carbocycles. The number of nitrogens with two attached hydrogens (primary N) is 1. The molecule has 23 heavy (non-hydrogen) atoms. The molecule has 0 aliphatic heterocycles. The van der Waals surface area contributed by atoms with E-state index in [0.29, 0.717) is 5.57 Å². The average molecular weight is 349 g/mol. The van der Waals surface area contributed by atoms with Gasteiger partial charge in [-0.3, -0.25) is 4.18 Å². The lowest BCUT2D eigenvalue weighted by Crippen LogP contribution is -2.51. The molecule has 0 aromatic heterocycles. The Hall–Kier alpha value is -0.960. The highest BCUT2D eigenvalue weighted by atomic mass is 32.2. The summed E-state index contributed by atoms with van der Waals surface area (Å²) in [6.07, 6.45) is 2.77. The number of carbonyl (C=O) groups is 1. The fourth-order valence-corrected chi connectivity index (χ4v) is 3.12. The molecule has 1 rings (SSSR count). The maximum Gasteiger partial charge on any atom is 0.333 e. The smallest absolute Gasteiger partial charge is 0.333 e. The Morgan fingerprint density at radius 3 is 2.43 bits per heavy atom. The monoisotopic (exact) mass is 349 g/mol. The number of esters is 1.